The number of aryl methyl sites for hydroxylation is 2. The lowest BCUT2D eigenvalue weighted by Gasteiger charge is -2.10. The van der Waals surface area contributed by atoms with Gasteiger partial charge >= 0.3 is 0 Å². The molecule has 1 unspecified atom stereocenters. The van der Waals surface area contributed by atoms with E-state index in [4.69, 9.17) is 10.1 Å². The van der Waals surface area contributed by atoms with Gasteiger partial charge in [0.15, 0.2) is 5.78 Å². The maximum Gasteiger partial charge on any atom is 0.186 e. The van der Waals surface area contributed by atoms with Gasteiger partial charge in [0.1, 0.15) is 21.7 Å². The van der Waals surface area contributed by atoms with E-state index in [1.807, 2.05) is 51.1 Å². The van der Waals surface area contributed by atoms with Crippen LogP contribution in [0.4, 0.5) is 0 Å². The number of ketones is 1. The van der Waals surface area contributed by atoms with E-state index in [2.05, 4.69) is 20.8 Å². The van der Waals surface area contributed by atoms with Gasteiger partial charge in [-0.1, -0.05) is 18.7 Å². The number of rotatable bonds is 5. The lowest BCUT2D eigenvalue weighted by atomic mass is 10.1. The second-order valence-electron chi connectivity index (χ2n) is 7.02. The van der Waals surface area contributed by atoms with Crippen molar-refractivity contribution in [1.29, 1.82) is 5.41 Å². The number of nitrogens with zero attached hydrogens (tertiary/aromatic N) is 3. The van der Waals surface area contributed by atoms with E-state index >= 15 is 0 Å². The molecular weight excluding hydrogens is 416 g/mol. The number of nitrogens with one attached hydrogen (secondary N) is 1. The minimum Gasteiger partial charge on any atom is -0.497 e. The summed E-state index contributed by atoms with van der Waals surface area (Å²) < 4.78 is 7.40. The zero-order chi connectivity index (χ0) is 21.4. The molecule has 6 nitrogen and oxygen atoms in total. The van der Waals surface area contributed by atoms with Crippen molar-refractivity contribution >= 4 is 40.0 Å². The molecule has 0 spiro atoms. The highest BCUT2D eigenvalue weighted by molar-refractivity contribution is 8.19. The summed E-state index contributed by atoms with van der Waals surface area (Å²) in [5, 5.41) is 18.4. The van der Waals surface area contributed by atoms with Crippen molar-refractivity contribution in [2.24, 2.45) is 0 Å². The van der Waals surface area contributed by atoms with Crippen molar-refractivity contribution in [3.05, 3.63) is 62.2 Å². The number of benzene rings is 1. The number of hydrogen-bond donors (Lipinski definition) is 1. The Balaban J connectivity index is 1.66. The third-order valence-corrected chi connectivity index (χ3v) is 7.23. The van der Waals surface area contributed by atoms with E-state index in [1.54, 1.807) is 7.11 Å². The van der Waals surface area contributed by atoms with Crippen LogP contribution in [0.25, 0.3) is 11.8 Å². The van der Waals surface area contributed by atoms with Crippen molar-refractivity contribution in [2.45, 2.75) is 33.1 Å². The summed E-state index contributed by atoms with van der Waals surface area (Å²) in [5.74, 6) is 0.117. The Morgan fingerprint density at radius 1 is 1.23 bits per heavy atom. The molecule has 4 rings (SSSR count). The van der Waals surface area contributed by atoms with Crippen LogP contribution in [0.1, 0.15) is 39.8 Å². The van der Waals surface area contributed by atoms with Crippen molar-refractivity contribution in [3.63, 3.8) is 0 Å². The summed E-state index contributed by atoms with van der Waals surface area (Å²) in [4.78, 5) is 13.6. The Hall–Kier alpha value is -2.71. The van der Waals surface area contributed by atoms with E-state index in [1.165, 1.54) is 23.1 Å². The molecule has 0 radical (unpaired) electrons. The first-order valence-corrected chi connectivity index (χ1v) is 11.2. The zero-order valence-corrected chi connectivity index (χ0v) is 18.9. The van der Waals surface area contributed by atoms with Gasteiger partial charge in [0.2, 0.25) is 0 Å². The molecule has 154 valence electrons. The van der Waals surface area contributed by atoms with Gasteiger partial charge in [0.25, 0.3) is 0 Å². The minimum absolute atomic E-state index is 0.0712. The fraction of sp³-hybridized carbons (Fsp3) is 0.273. The predicted octanol–water partition coefficient (Wildman–Crippen LogP) is 4.93. The van der Waals surface area contributed by atoms with E-state index in [9.17, 15) is 4.79 Å². The fourth-order valence-corrected chi connectivity index (χ4v) is 5.49. The first kappa shape index (κ1) is 20.6. The number of hydrogen-bond acceptors (Lipinski definition) is 7. The third-order valence-electron chi connectivity index (χ3n) is 5.11. The lowest BCUT2D eigenvalue weighted by molar-refractivity contribution is -0.114. The minimum atomic E-state index is -0.621. The summed E-state index contributed by atoms with van der Waals surface area (Å²) in [5.41, 5.74) is 4.12. The monoisotopic (exact) mass is 438 g/mol. The quantitative estimate of drug-likeness (QED) is 0.571. The molecule has 1 saturated heterocycles. The number of thioether (sulfide) groups is 1. The Bertz CT molecular complexity index is 1160. The van der Waals surface area contributed by atoms with Gasteiger partial charge in [-0.3, -0.25) is 10.2 Å². The molecule has 0 amide bonds. The van der Waals surface area contributed by atoms with Gasteiger partial charge in [-0.05, 0) is 62.2 Å². The van der Waals surface area contributed by atoms with Gasteiger partial charge in [-0.25, -0.2) is 0 Å². The number of ether oxygens (including phenoxy) is 1. The highest BCUT2D eigenvalue weighted by Crippen LogP contribution is 2.42. The lowest BCUT2D eigenvalue weighted by Crippen LogP contribution is -2.11. The highest BCUT2D eigenvalue weighted by atomic mass is 32.2. The van der Waals surface area contributed by atoms with Crippen LogP contribution < -0.4 is 4.74 Å². The van der Waals surface area contributed by atoms with Gasteiger partial charge in [-0.2, -0.15) is 0 Å². The Labute approximate surface area is 183 Å². The average molecular weight is 439 g/mol. The van der Waals surface area contributed by atoms with Gasteiger partial charge < -0.3 is 9.30 Å². The Kier molecular flexibility index (Phi) is 5.62. The Morgan fingerprint density at radius 3 is 2.60 bits per heavy atom. The zero-order valence-electron chi connectivity index (χ0n) is 17.2. The standard InChI is InChI=1S/C22H22N4O2S2/c1-5-18-24-25-22(30-18)19-20(27)17(29-21(19)23)11-14-10-12(2)26(13(14)3)15-6-8-16(28-4)9-7-15/h6-11,19,23H,5H2,1-4H3. The predicted molar refractivity (Wildman–Crippen MR) is 122 cm³/mol. The second kappa shape index (κ2) is 8.20. The number of aromatic nitrogens is 3. The summed E-state index contributed by atoms with van der Waals surface area (Å²) in [6.07, 6.45) is 2.67. The van der Waals surface area contributed by atoms with Crippen LogP contribution in [0.2, 0.25) is 0 Å². The van der Waals surface area contributed by atoms with Crippen LogP contribution in [0, 0.1) is 19.3 Å². The van der Waals surface area contributed by atoms with E-state index in [0.29, 0.717) is 15.0 Å². The van der Waals surface area contributed by atoms with Crippen LogP contribution in [-0.4, -0.2) is 32.7 Å². The smallest absolute Gasteiger partial charge is 0.186 e. The maximum atomic E-state index is 13.1. The maximum absolute atomic E-state index is 13.1. The molecule has 1 aromatic carbocycles. The molecule has 1 aliphatic heterocycles. The first-order chi connectivity index (χ1) is 14.4. The Morgan fingerprint density at radius 2 is 1.97 bits per heavy atom. The van der Waals surface area contributed by atoms with Crippen molar-refractivity contribution in [3.8, 4) is 11.4 Å². The van der Waals surface area contributed by atoms with Crippen molar-refractivity contribution in [2.75, 3.05) is 7.11 Å². The van der Waals surface area contributed by atoms with Crippen LogP contribution >= 0.6 is 23.1 Å². The number of carbonyl (C=O) groups is 1. The van der Waals surface area contributed by atoms with E-state index in [-0.39, 0.29) is 5.78 Å². The summed E-state index contributed by atoms with van der Waals surface area (Å²) in [7, 11) is 1.65. The molecule has 1 atom stereocenters. The molecule has 1 aliphatic rings. The molecule has 0 aliphatic carbocycles. The molecule has 2 aromatic heterocycles. The van der Waals surface area contributed by atoms with Crippen LogP contribution in [0.3, 0.4) is 0 Å². The number of allylic oxidation sites excluding steroid dienone is 1. The molecule has 30 heavy (non-hydrogen) atoms. The van der Waals surface area contributed by atoms with E-state index in [0.717, 1.165) is 39.8 Å². The van der Waals surface area contributed by atoms with Crippen LogP contribution in [-0.2, 0) is 11.2 Å². The normalized spacial score (nSPS) is 17.9. The number of methoxy groups -OCH3 is 1. The highest BCUT2D eigenvalue weighted by Gasteiger charge is 2.39. The number of carbonyl (C=O) groups excluding carboxylic acids is 1. The largest absolute Gasteiger partial charge is 0.497 e. The van der Waals surface area contributed by atoms with Crippen LogP contribution in [0.5, 0.6) is 5.75 Å². The van der Waals surface area contributed by atoms with Gasteiger partial charge in [0, 0.05) is 17.1 Å². The molecule has 1 N–H and O–H groups in total. The average Bonchev–Trinajstić information content (AvgIpc) is 3.39. The molecule has 8 heteroatoms. The SMILES string of the molecule is CCc1nnc(C2C(=N)SC(=Cc3cc(C)n(-c4ccc(OC)cc4)c3C)C2=O)s1. The summed E-state index contributed by atoms with van der Waals surface area (Å²) in [6, 6.07) is 9.95. The fourth-order valence-electron chi connectivity index (χ4n) is 3.54. The molecule has 0 bridgehead atoms. The second-order valence-corrected chi connectivity index (χ2v) is 9.20. The topological polar surface area (TPSA) is 80.9 Å². The van der Waals surface area contributed by atoms with E-state index < -0.39 is 5.92 Å². The molecular formula is C22H22N4O2S2. The van der Waals surface area contributed by atoms with Crippen molar-refractivity contribution < 1.29 is 9.53 Å². The van der Waals surface area contributed by atoms with Gasteiger partial charge in [-0.15, -0.1) is 21.5 Å². The molecule has 3 heterocycles. The first-order valence-electron chi connectivity index (χ1n) is 9.60. The summed E-state index contributed by atoms with van der Waals surface area (Å²) in [6.45, 7) is 6.08. The molecule has 0 saturated carbocycles. The van der Waals surface area contributed by atoms with Crippen molar-refractivity contribution in [1.82, 2.24) is 14.8 Å². The number of Topliss-reactive ketones (excluding diaryl/α,β-unsaturated/α-hetero) is 1. The third kappa shape index (κ3) is 3.61. The van der Waals surface area contributed by atoms with Gasteiger partial charge in [0.05, 0.1) is 17.1 Å². The molecule has 1 fully saturated rings. The summed E-state index contributed by atoms with van der Waals surface area (Å²) >= 11 is 2.64. The molecule has 3 aromatic rings. The van der Waals surface area contributed by atoms with Crippen LogP contribution in [0.15, 0.2) is 35.2 Å².